The van der Waals surface area contributed by atoms with Crippen LogP contribution in [0, 0.1) is 5.92 Å². The second kappa shape index (κ2) is 7.90. The third-order valence-corrected chi connectivity index (χ3v) is 5.58. The van der Waals surface area contributed by atoms with Gasteiger partial charge in [-0.15, -0.1) is 0 Å². The van der Waals surface area contributed by atoms with Crippen LogP contribution < -0.4 is 15.4 Å². The van der Waals surface area contributed by atoms with E-state index in [-0.39, 0.29) is 24.2 Å². The molecule has 7 heteroatoms. The van der Waals surface area contributed by atoms with Crippen molar-refractivity contribution >= 4 is 15.9 Å². The Morgan fingerprint density at radius 3 is 2.61 bits per heavy atom. The molecule has 2 atom stereocenters. The van der Waals surface area contributed by atoms with Crippen LogP contribution in [0.15, 0.2) is 24.3 Å². The Labute approximate surface area is 138 Å². The number of sulfonamides is 1. The third-order valence-electron chi connectivity index (χ3n) is 4.24. The van der Waals surface area contributed by atoms with Gasteiger partial charge in [-0.3, -0.25) is 4.79 Å². The fourth-order valence-corrected chi connectivity index (χ4v) is 3.09. The van der Waals surface area contributed by atoms with Crippen molar-refractivity contribution < 1.29 is 13.2 Å². The van der Waals surface area contributed by atoms with E-state index in [1.165, 1.54) is 0 Å². The Kier molecular flexibility index (Phi) is 6.15. The van der Waals surface area contributed by atoms with Crippen molar-refractivity contribution in [3.05, 3.63) is 35.4 Å². The summed E-state index contributed by atoms with van der Waals surface area (Å²) >= 11 is 0. The molecule has 0 bridgehead atoms. The number of piperidine rings is 1. The maximum Gasteiger partial charge on any atom is 0.251 e. The molecule has 0 radical (unpaired) electrons. The molecule has 1 aliphatic heterocycles. The van der Waals surface area contributed by atoms with Crippen LogP contribution in [0.25, 0.3) is 0 Å². The van der Waals surface area contributed by atoms with Gasteiger partial charge in [0.15, 0.2) is 0 Å². The summed E-state index contributed by atoms with van der Waals surface area (Å²) in [5, 5.41) is 6.34. The van der Waals surface area contributed by atoms with Crippen LogP contribution in [-0.2, 0) is 16.6 Å². The highest BCUT2D eigenvalue weighted by Gasteiger charge is 2.22. The van der Waals surface area contributed by atoms with Gasteiger partial charge in [0.05, 0.1) is 5.75 Å². The van der Waals surface area contributed by atoms with Gasteiger partial charge in [-0.25, -0.2) is 13.1 Å². The predicted octanol–water partition coefficient (Wildman–Crippen LogP) is 0.854. The van der Waals surface area contributed by atoms with Crippen molar-refractivity contribution in [3.8, 4) is 0 Å². The van der Waals surface area contributed by atoms with Crippen molar-refractivity contribution in [2.75, 3.05) is 18.8 Å². The van der Waals surface area contributed by atoms with Gasteiger partial charge in [0.2, 0.25) is 10.0 Å². The Hall–Kier alpha value is -1.44. The first-order valence-electron chi connectivity index (χ1n) is 7.99. The van der Waals surface area contributed by atoms with Gasteiger partial charge in [0.25, 0.3) is 5.91 Å². The van der Waals surface area contributed by atoms with E-state index in [0.717, 1.165) is 25.1 Å². The summed E-state index contributed by atoms with van der Waals surface area (Å²) in [7, 11) is -3.21. The molecule has 3 N–H and O–H groups in total. The number of hydrogen-bond acceptors (Lipinski definition) is 4. The number of nitrogens with one attached hydrogen (secondary N) is 3. The molecule has 1 fully saturated rings. The lowest BCUT2D eigenvalue weighted by molar-refractivity contribution is 0.0915. The number of benzene rings is 1. The van der Waals surface area contributed by atoms with Gasteiger partial charge in [-0.1, -0.05) is 19.1 Å². The summed E-state index contributed by atoms with van der Waals surface area (Å²) in [6.07, 6.45) is 1.06. The molecule has 128 valence electrons. The zero-order chi connectivity index (χ0) is 16.9. The molecular weight excluding hydrogens is 314 g/mol. The first-order valence-corrected chi connectivity index (χ1v) is 9.64. The highest BCUT2D eigenvalue weighted by Crippen LogP contribution is 2.12. The molecule has 0 spiro atoms. The summed E-state index contributed by atoms with van der Waals surface area (Å²) in [6.45, 7) is 5.77. The van der Waals surface area contributed by atoms with E-state index in [1.54, 1.807) is 31.2 Å². The van der Waals surface area contributed by atoms with E-state index in [9.17, 15) is 13.2 Å². The molecular formula is C16H25N3O3S. The van der Waals surface area contributed by atoms with E-state index in [4.69, 9.17) is 0 Å². The van der Waals surface area contributed by atoms with Gasteiger partial charge in [-0.2, -0.15) is 0 Å². The van der Waals surface area contributed by atoms with E-state index in [0.29, 0.717) is 11.5 Å². The van der Waals surface area contributed by atoms with Crippen LogP contribution >= 0.6 is 0 Å². The fourth-order valence-electron chi connectivity index (χ4n) is 2.50. The molecule has 1 saturated heterocycles. The number of amides is 1. The molecule has 1 aromatic carbocycles. The number of carbonyl (C=O) groups excluding carboxylic acids is 1. The summed E-state index contributed by atoms with van der Waals surface area (Å²) in [5.74, 6) is 0.426. The van der Waals surface area contributed by atoms with Crippen molar-refractivity contribution in [2.24, 2.45) is 5.92 Å². The Bertz CT molecular complexity index is 628. The van der Waals surface area contributed by atoms with Crippen LogP contribution in [0.4, 0.5) is 0 Å². The van der Waals surface area contributed by atoms with Gasteiger partial charge in [0, 0.05) is 24.7 Å². The summed E-state index contributed by atoms with van der Waals surface area (Å²) in [6, 6.07) is 7.15. The van der Waals surface area contributed by atoms with Crippen molar-refractivity contribution in [1.29, 1.82) is 0 Å². The smallest absolute Gasteiger partial charge is 0.251 e. The normalized spacial score (nSPS) is 21.8. The molecule has 2 rings (SSSR count). The highest BCUT2D eigenvalue weighted by atomic mass is 32.2. The lowest BCUT2D eigenvalue weighted by Gasteiger charge is -2.30. The van der Waals surface area contributed by atoms with E-state index < -0.39 is 10.0 Å². The van der Waals surface area contributed by atoms with Crippen LogP contribution in [-0.4, -0.2) is 39.2 Å². The van der Waals surface area contributed by atoms with Gasteiger partial charge >= 0.3 is 0 Å². The standard InChI is InChI=1S/C16H25N3O3S/c1-3-23(21,22)18-10-13-4-6-14(7-5-13)16(20)19-15-11-17-9-8-12(15)2/h4-7,12,15,17-18H,3,8-11H2,1-2H3,(H,19,20). The molecule has 6 nitrogen and oxygen atoms in total. The van der Waals surface area contributed by atoms with Crippen molar-refractivity contribution in [1.82, 2.24) is 15.4 Å². The van der Waals surface area contributed by atoms with E-state index >= 15 is 0 Å². The summed E-state index contributed by atoms with van der Waals surface area (Å²) in [5.41, 5.74) is 1.41. The van der Waals surface area contributed by atoms with Crippen LogP contribution in [0.1, 0.15) is 36.2 Å². The minimum absolute atomic E-state index is 0.0566. The molecule has 0 saturated carbocycles. The molecule has 0 aromatic heterocycles. The highest BCUT2D eigenvalue weighted by molar-refractivity contribution is 7.89. The molecule has 1 aliphatic rings. The third kappa shape index (κ3) is 5.30. The summed E-state index contributed by atoms with van der Waals surface area (Å²) in [4.78, 5) is 12.3. The molecule has 23 heavy (non-hydrogen) atoms. The number of carbonyl (C=O) groups is 1. The van der Waals surface area contributed by atoms with Gasteiger partial charge in [0.1, 0.15) is 0 Å². The average molecular weight is 339 g/mol. The van der Waals surface area contributed by atoms with Crippen molar-refractivity contribution in [3.63, 3.8) is 0 Å². The second-order valence-electron chi connectivity index (χ2n) is 5.97. The quantitative estimate of drug-likeness (QED) is 0.717. The van der Waals surface area contributed by atoms with Crippen LogP contribution in [0.3, 0.4) is 0 Å². The molecule has 1 aromatic rings. The first kappa shape index (κ1) is 17.9. The SMILES string of the molecule is CCS(=O)(=O)NCc1ccc(C(=O)NC2CNCCC2C)cc1. The maximum absolute atomic E-state index is 12.3. The Morgan fingerprint density at radius 2 is 2.00 bits per heavy atom. The van der Waals surface area contributed by atoms with E-state index in [1.807, 2.05) is 0 Å². The monoisotopic (exact) mass is 339 g/mol. The second-order valence-corrected chi connectivity index (χ2v) is 8.07. The molecule has 1 amide bonds. The zero-order valence-electron chi connectivity index (χ0n) is 13.6. The summed E-state index contributed by atoms with van der Waals surface area (Å²) < 4.78 is 25.3. The minimum atomic E-state index is -3.21. The first-order chi connectivity index (χ1) is 10.9. The topological polar surface area (TPSA) is 87.3 Å². The molecule has 1 heterocycles. The Balaban J connectivity index is 1.92. The van der Waals surface area contributed by atoms with E-state index in [2.05, 4.69) is 22.3 Å². The van der Waals surface area contributed by atoms with Crippen molar-refractivity contribution in [2.45, 2.75) is 32.9 Å². The predicted molar refractivity (Wildman–Crippen MR) is 90.6 cm³/mol. The van der Waals surface area contributed by atoms with Crippen LogP contribution in [0.2, 0.25) is 0 Å². The zero-order valence-corrected chi connectivity index (χ0v) is 14.4. The van der Waals surface area contributed by atoms with Crippen LogP contribution in [0.5, 0.6) is 0 Å². The molecule has 2 unspecified atom stereocenters. The van der Waals surface area contributed by atoms with Gasteiger partial charge in [-0.05, 0) is 43.5 Å². The number of rotatable bonds is 6. The number of hydrogen-bond donors (Lipinski definition) is 3. The largest absolute Gasteiger partial charge is 0.348 e. The molecule has 0 aliphatic carbocycles. The minimum Gasteiger partial charge on any atom is -0.348 e. The fraction of sp³-hybridized carbons (Fsp3) is 0.562. The maximum atomic E-state index is 12.3. The lowest BCUT2D eigenvalue weighted by Crippen LogP contribution is -2.50. The average Bonchev–Trinajstić information content (AvgIpc) is 2.55. The van der Waals surface area contributed by atoms with Gasteiger partial charge < -0.3 is 10.6 Å². The Morgan fingerprint density at radius 1 is 1.30 bits per heavy atom. The lowest BCUT2D eigenvalue weighted by atomic mass is 9.94.